The van der Waals surface area contributed by atoms with Crippen LogP contribution in [0.2, 0.25) is 0 Å². The van der Waals surface area contributed by atoms with Gasteiger partial charge in [0.1, 0.15) is 11.6 Å². The van der Waals surface area contributed by atoms with Crippen molar-refractivity contribution in [2.45, 2.75) is 0 Å². The van der Waals surface area contributed by atoms with Crippen LogP contribution >= 0.6 is 47.8 Å². The molecule has 0 radical (unpaired) electrons. The van der Waals surface area contributed by atoms with E-state index in [0.717, 1.165) is 8.95 Å². The van der Waals surface area contributed by atoms with E-state index < -0.39 is 4.92 Å². The summed E-state index contributed by atoms with van der Waals surface area (Å²) in [5.74, 6) is 0. The highest BCUT2D eigenvalue weighted by Gasteiger charge is 2.23. The molecule has 0 N–H and O–H groups in total. The molecule has 0 bridgehead atoms. The van der Waals surface area contributed by atoms with E-state index in [9.17, 15) is 10.1 Å². The molecule has 0 saturated carbocycles. The average Bonchev–Trinajstić information content (AvgIpc) is 2.44. The van der Waals surface area contributed by atoms with Crippen molar-refractivity contribution in [1.82, 2.24) is 0 Å². The monoisotopic (exact) mass is 458 g/mol. The Balaban J connectivity index is 2.81. The normalized spacial score (nSPS) is 10.1. The van der Waals surface area contributed by atoms with E-state index in [0.29, 0.717) is 15.6 Å². The van der Waals surface area contributed by atoms with Gasteiger partial charge >= 0.3 is 0 Å². The van der Waals surface area contributed by atoms with Crippen LogP contribution in [0.4, 0.5) is 5.69 Å². The van der Waals surface area contributed by atoms with E-state index in [-0.39, 0.29) is 11.3 Å². The Kier molecular flexibility index (Phi) is 4.58. The van der Waals surface area contributed by atoms with E-state index in [1.165, 1.54) is 6.07 Å². The van der Waals surface area contributed by atoms with E-state index in [1.807, 2.05) is 6.07 Å². The van der Waals surface area contributed by atoms with Crippen LogP contribution in [0.15, 0.2) is 43.7 Å². The predicted octanol–water partition coefficient (Wildman–Crippen LogP) is 5.42. The van der Waals surface area contributed by atoms with Crippen LogP contribution in [0, 0.1) is 21.4 Å². The van der Waals surface area contributed by atoms with Crippen molar-refractivity contribution >= 4 is 53.5 Å². The first-order valence-electron chi connectivity index (χ1n) is 5.28. The number of halogens is 3. The largest absolute Gasteiger partial charge is 0.294 e. The third kappa shape index (κ3) is 2.64. The highest BCUT2D eigenvalue weighted by atomic mass is 79.9. The standard InChI is InChI=1S/C13H5Br3N2O2/c14-10-5-4-8(11(15)12(10)16)9-3-1-2-7(6-17)13(9)18(19)20/h1-5H. The fraction of sp³-hybridized carbons (Fsp3) is 0. The van der Waals surface area contributed by atoms with Crippen molar-refractivity contribution in [3.8, 4) is 17.2 Å². The van der Waals surface area contributed by atoms with Crippen LogP contribution in [-0.2, 0) is 0 Å². The summed E-state index contributed by atoms with van der Waals surface area (Å²) < 4.78 is 2.27. The van der Waals surface area contributed by atoms with Crippen molar-refractivity contribution < 1.29 is 4.92 Å². The van der Waals surface area contributed by atoms with Crippen LogP contribution in [0.1, 0.15) is 5.56 Å². The van der Waals surface area contributed by atoms with E-state index >= 15 is 0 Å². The molecule has 2 aromatic carbocycles. The molecule has 20 heavy (non-hydrogen) atoms. The molecule has 100 valence electrons. The molecule has 0 aliphatic carbocycles. The van der Waals surface area contributed by atoms with Gasteiger partial charge in [-0.3, -0.25) is 10.1 Å². The van der Waals surface area contributed by atoms with Crippen molar-refractivity contribution in [2.24, 2.45) is 0 Å². The van der Waals surface area contributed by atoms with Gasteiger partial charge < -0.3 is 0 Å². The van der Waals surface area contributed by atoms with Crippen LogP contribution in [0.3, 0.4) is 0 Å². The number of nitro benzene ring substituents is 1. The number of hydrogen-bond acceptors (Lipinski definition) is 3. The molecular formula is C13H5Br3N2O2. The SMILES string of the molecule is N#Cc1cccc(-c2ccc(Br)c(Br)c2Br)c1[N+](=O)[O-]. The Morgan fingerprint density at radius 1 is 1.05 bits per heavy atom. The first kappa shape index (κ1) is 15.2. The molecule has 0 atom stereocenters. The first-order valence-corrected chi connectivity index (χ1v) is 7.66. The number of rotatable bonds is 2. The summed E-state index contributed by atoms with van der Waals surface area (Å²) in [7, 11) is 0. The van der Waals surface area contributed by atoms with Crippen LogP contribution in [0.25, 0.3) is 11.1 Å². The zero-order chi connectivity index (χ0) is 14.9. The van der Waals surface area contributed by atoms with Gasteiger partial charge in [0.15, 0.2) is 0 Å². The number of nitro groups is 1. The number of para-hydroxylation sites is 1. The van der Waals surface area contributed by atoms with Gasteiger partial charge in [0.25, 0.3) is 5.69 Å². The van der Waals surface area contributed by atoms with Crippen LogP contribution in [-0.4, -0.2) is 4.92 Å². The maximum absolute atomic E-state index is 11.3. The zero-order valence-corrected chi connectivity index (χ0v) is 14.5. The van der Waals surface area contributed by atoms with Gasteiger partial charge in [-0.1, -0.05) is 12.1 Å². The minimum absolute atomic E-state index is 0.0402. The molecule has 0 aliphatic rings. The Morgan fingerprint density at radius 3 is 2.35 bits per heavy atom. The third-order valence-corrected chi connectivity index (χ3v) is 6.04. The highest BCUT2D eigenvalue weighted by molar-refractivity contribution is 9.14. The number of benzene rings is 2. The lowest BCUT2D eigenvalue weighted by Crippen LogP contribution is -1.96. The minimum atomic E-state index is -0.531. The van der Waals surface area contributed by atoms with Crippen LogP contribution < -0.4 is 0 Å². The molecule has 0 amide bonds. The average molecular weight is 461 g/mol. The zero-order valence-electron chi connectivity index (χ0n) is 9.73. The summed E-state index contributed by atoms with van der Waals surface area (Å²) in [4.78, 5) is 10.7. The van der Waals surface area contributed by atoms with Crippen molar-refractivity contribution in [1.29, 1.82) is 5.26 Å². The molecule has 0 aliphatic heterocycles. The molecule has 0 spiro atoms. The van der Waals surface area contributed by atoms with Crippen LogP contribution in [0.5, 0.6) is 0 Å². The van der Waals surface area contributed by atoms with Gasteiger partial charge in [-0.15, -0.1) is 0 Å². The fourth-order valence-corrected chi connectivity index (χ4v) is 3.28. The Labute approximate surface area is 140 Å². The van der Waals surface area contributed by atoms with Crippen molar-refractivity contribution in [3.63, 3.8) is 0 Å². The molecule has 0 aromatic heterocycles. The minimum Gasteiger partial charge on any atom is -0.258 e. The maximum atomic E-state index is 11.3. The summed E-state index contributed by atoms with van der Waals surface area (Å²) in [6, 6.07) is 10.1. The smallest absolute Gasteiger partial charge is 0.258 e. The molecular weight excluding hydrogens is 456 g/mol. The summed E-state index contributed by atoms with van der Waals surface area (Å²) in [6.45, 7) is 0. The van der Waals surface area contributed by atoms with Gasteiger partial charge in [0.2, 0.25) is 0 Å². The second kappa shape index (κ2) is 6.04. The van der Waals surface area contributed by atoms with Gasteiger partial charge in [-0.25, -0.2) is 0 Å². The molecule has 7 heteroatoms. The molecule has 2 aromatic rings. The summed E-state index contributed by atoms with van der Waals surface area (Å²) in [5, 5.41) is 20.3. The van der Waals surface area contributed by atoms with Gasteiger partial charge in [-0.05, 0) is 66.0 Å². The molecule has 0 heterocycles. The summed E-state index contributed by atoms with van der Waals surface area (Å²) in [6.07, 6.45) is 0. The van der Waals surface area contributed by atoms with Gasteiger partial charge in [-0.2, -0.15) is 5.26 Å². The topological polar surface area (TPSA) is 66.9 Å². The lowest BCUT2D eigenvalue weighted by molar-refractivity contribution is -0.384. The van der Waals surface area contributed by atoms with Gasteiger partial charge in [0, 0.05) is 19.0 Å². The Morgan fingerprint density at radius 2 is 1.75 bits per heavy atom. The second-order valence-corrected chi connectivity index (χ2v) is 6.23. The van der Waals surface area contributed by atoms with Gasteiger partial charge in [0.05, 0.1) is 10.5 Å². The molecule has 0 fully saturated rings. The maximum Gasteiger partial charge on any atom is 0.294 e. The quantitative estimate of drug-likeness (QED) is 0.341. The Bertz CT molecular complexity index is 754. The van der Waals surface area contributed by atoms with E-state index in [1.54, 1.807) is 24.3 Å². The fourth-order valence-electron chi connectivity index (χ4n) is 1.78. The predicted molar refractivity (Wildman–Crippen MR) is 86.3 cm³/mol. The lowest BCUT2D eigenvalue weighted by atomic mass is 10.0. The van der Waals surface area contributed by atoms with Crippen molar-refractivity contribution in [3.05, 3.63) is 59.4 Å². The molecule has 0 saturated heterocycles. The molecule has 4 nitrogen and oxygen atoms in total. The second-order valence-electron chi connectivity index (χ2n) is 3.79. The lowest BCUT2D eigenvalue weighted by Gasteiger charge is -2.09. The number of nitrogens with zero attached hydrogens (tertiary/aromatic N) is 2. The number of hydrogen-bond donors (Lipinski definition) is 0. The third-order valence-electron chi connectivity index (χ3n) is 2.66. The summed E-state index contributed by atoms with van der Waals surface area (Å²) in [5.41, 5.74) is 0.890. The highest BCUT2D eigenvalue weighted by Crippen LogP contribution is 2.42. The summed E-state index contributed by atoms with van der Waals surface area (Å²) >= 11 is 10.2. The van der Waals surface area contributed by atoms with Crippen molar-refractivity contribution in [2.75, 3.05) is 0 Å². The Hall–Kier alpha value is -1.23. The molecule has 0 unspecified atom stereocenters. The molecule has 2 rings (SSSR count). The first-order chi connectivity index (χ1) is 9.47. The van der Waals surface area contributed by atoms with E-state index in [2.05, 4.69) is 47.8 Å². The number of nitriles is 1. The van der Waals surface area contributed by atoms with E-state index in [4.69, 9.17) is 5.26 Å².